The Bertz CT molecular complexity index is 1210. The third-order valence-electron chi connectivity index (χ3n) is 5.47. The van der Waals surface area contributed by atoms with Crippen molar-refractivity contribution in [2.75, 3.05) is 31.8 Å². The molecule has 0 saturated heterocycles. The molecule has 2 aromatic heterocycles. The molecular weight excluding hydrogens is 472 g/mol. The molecule has 0 radical (unpaired) electrons. The summed E-state index contributed by atoms with van der Waals surface area (Å²) in [5.41, 5.74) is 0.732. The average molecular weight is 498 g/mol. The summed E-state index contributed by atoms with van der Waals surface area (Å²) in [7, 11) is 1.68. The lowest BCUT2D eigenvalue weighted by molar-refractivity contribution is -0.108. The van der Waals surface area contributed by atoms with Gasteiger partial charge in [-0.15, -0.1) is 11.8 Å². The van der Waals surface area contributed by atoms with Crippen LogP contribution in [0.15, 0.2) is 34.0 Å². The van der Waals surface area contributed by atoms with Crippen LogP contribution in [0.25, 0.3) is 21.9 Å². The molecule has 2 heterocycles. The monoisotopic (exact) mass is 497 g/mol. The Morgan fingerprint density at radius 2 is 1.97 bits per heavy atom. The van der Waals surface area contributed by atoms with Crippen molar-refractivity contribution in [2.45, 2.75) is 37.1 Å². The van der Waals surface area contributed by atoms with E-state index in [1.54, 1.807) is 35.9 Å². The predicted octanol–water partition coefficient (Wildman–Crippen LogP) is 5.23. The first-order valence-electron chi connectivity index (χ1n) is 10.5. The zero-order chi connectivity index (χ0) is 24.2. The van der Waals surface area contributed by atoms with Crippen molar-refractivity contribution in [3.05, 3.63) is 39.5 Å². The van der Waals surface area contributed by atoms with Crippen LogP contribution >= 0.6 is 23.4 Å². The van der Waals surface area contributed by atoms with Gasteiger partial charge in [-0.3, -0.25) is 4.79 Å². The van der Waals surface area contributed by atoms with Gasteiger partial charge in [0.2, 0.25) is 5.92 Å². The van der Waals surface area contributed by atoms with Gasteiger partial charge in [0.25, 0.3) is 0 Å². The van der Waals surface area contributed by atoms with Crippen molar-refractivity contribution in [3.8, 4) is 0 Å². The zero-order valence-corrected chi connectivity index (χ0v) is 20.2. The van der Waals surface area contributed by atoms with Gasteiger partial charge in [-0.1, -0.05) is 11.6 Å². The Balaban J connectivity index is 0.000000709. The lowest BCUT2D eigenvalue weighted by Crippen LogP contribution is -2.39. The van der Waals surface area contributed by atoms with Gasteiger partial charge >= 0.3 is 0 Å². The molecule has 0 aliphatic heterocycles. The standard InChI is InChI=1S/C20H18ClF2N3O2S.C3H8O/c1-29-18-14(21)4-2-12-16(18)26(6-7-27)19-13(17(12)28)3-5-15(25-19)24-10-11-8-20(22,23)9-11;1-3-4-2/h2-5,7,11H,6,8-10H2,1H3,(H,24,25);3H2,1-2H3. The molecule has 3 aromatic rings. The van der Waals surface area contributed by atoms with Crippen LogP contribution in [0.2, 0.25) is 5.02 Å². The van der Waals surface area contributed by atoms with Crippen LogP contribution in [0.3, 0.4) is 0 Å². The molecule has 0 amide bonds. The lowest BCUT2D eigenvalue weighted by Gasteiger charge is -2.35. The van der Waals surface area contributed by atoms with E-state index in [-0.39, 0.29) is 30.7 Å². The third kappa shape index (κ3) is 5.47. The zero-order valence-electron chi connectivity index (χ0n) is 18.7. The summed E-state index contributed by atoms with van der Waals surface area (Å²) in [5.74, 6) is -2.21. The number of alkyl halides is 2. The number of nitrogens with zero attached hydrogens (tertiary/aromatic N) is 2. The highest BCUT2D eigenvalue weighted by Crippen LogP contribution is 2.42. The van der Waals surface area contributed by atoms with Crippen molar-refractivity contribution >= 4 is 57.4 Å². The van der Waals surface area contributed by atoms with Gasteiger partial charge in [-0.05, 0) is 43.4 Å². The minimum absolute atomic E-state index is 0.00643. The molecule has 33 heavy (non-hydrogen) atoms. The van der Waals surface area contributed by atoms with Crippen LogP contribution in [0.5, 0.6) is 0 Å². The SMILES string of the molecule is CCOC.CSc1c(Cl)ccc2c(=O)c3ccc(NCC4CC(F)(F)C4)nc3n(CC=O)c12. The number of aromatic nitrogens is 2. The third-order valence-corrected chi connectivity index (χ3v) is 6.72. The molecule has 1 fully saturated rings. The van der Waals surface area contributed by atoms with Crippen molar-refractivity contribution in [3.63, 3.8) is 0 Å². The highest BCUT2D eigenvalue weighted by atomic mass is 35.5. The molecule has 1 aliphatic rings. The summed E-state index contributed by atoms with van der Waals surface area (Å²) in [6.07, 6.45) is 2.32. The van der Waals surface area contributed by atoms with E-state index in [0.717, 1.165) is 12.9 Å². The minimum Gasteiger partial charge on any atom is -0.385 e. The smallest absolute Gasteiger partial charge is 0.248 e. The topological polar surface area (TPSA) is 73.2 Å². The Labute approximate surface area is 199 Å². The Morgan fingerprint density at radius 1 is 1.30 bits per heavy atom. The van der Waals surface area contributed by atoms with Crippen LogP contribution in [0, 0.1) is 5.92 Å². The second-order valence-electron chi connectivity index (χ2n) is 7.74. The van der Waals surface area contributed by atoms with Crippen LogP contribution in [-0.2, 0) is 16.1 Å². The molecule has 1 N–H and O–H groups in total. The average Bonchev–Trinajstić information content (AvgIpc) is 2.78. The number of methoxy groups -OCH3 is 1. The van der Waals surface area contributed by atoms with Gasteiger partial charge in [0.05, 0.1) is 27.4 Å². The van der Waals surface area contributed by atoms with Gasteiger partial charge in [-0.25, -0.2) is 13.8 Å². The number of carbonyl (C=O) groups is 1. The van der Waals surface area contributed by atoms with Crippen molar-refractivity contribution in [1.29, 1.82) is 0 Å². The fourth-order valence-electron chi connectivity index (χ4n) is 3.80. The normalized spacial score (nSPS) is 15.1. The van der Waals surface area contributed by atoms with E-state index in [4.69, 9.17) is 11.6 Å². The van der Waals surface area contributed by atoms with Crippen molar-refractivity contribution in [2.24, 2.45) is 5.92 Å². The van der Waals surface area contributed by atoms with E-state index >= 15 is 0 Å². The Hall–Kier alpha value is -2.23. The predicted molar refractivity (Wildman–Crippen MR) is 130 cm³/mol. The second-order valence-corrected chi connectivity index (χ2v) is 8.96. The molecule has 0 atom stereocenters. The fraction of sp³-hybridized carbons (Fsp3) is 0.435. The van der Waals surface area contributed by atoms with Crippen LogP contribution < -0.4 is 10.7 Å². The number of thioether (sulfide) groups is 1. The Morgan fingerprint density at radius 3 is 2.55 bits per heavy atom. The molecule has 1 aliphatic carbocycles. The fourth-order valence-corrected chi connectivity index (χ4v) is 4.86. The number of rotatable bonds is 7. The van der Waals surface area contributed by atoms with E-state index in [9.17, 15) is 18.4 Å². The maximum atomic E-state index is 13.0. The van der Waals surface area contributed by atoms with Crippen molar-refractivity contribution < 1.29 is 18.3 Å². The Kier molecular flexibility index (Phi) is 8.31. The van der Waals surface area contributed by atoms with Crippen LogP contribution in [-0.4, -0.2) is 48.3 Å². The second kappa shape index (κ2) is 10.8. The molecule has 1 saturated carbocycles. The number of carbonyl (C=O) groups excluding carboxylic acids is 1. The summed E-state index contributed by atoms with van der Waals surface area (Å²) < 4.78 is 32.3. The quantitative estimate of drug-likeness (QED) is 0.273. The first-order chi connectivity index (χ1) is 15.8. The summed E-state index contributed by atoms with van der Waals surface area (Å²) in [6, 6.07) is 6.63. The summed E-state index contributed by atoms with van der Waals surface area (Å²) in [5, 5.41) is 4.41. The van der Waals surface area contributed by atoms with Crippen LogP contribution in [0.1, 0.15) is 19.8 Å². The van der Waals surface area contributed by atoms with E-state index in [2.05, 4.69) is 15.0 Å². The number of hydrogen-bond donors (Lipinski definition) is 1. The van der Waals surface area contributed by atoms with Gasteiger partial charge < -0.3 is 19.4 Å². The highest BCUT2D eigenvalue weighted by molar-refractivity contribution is 7.99. The summed E-state index contributed by atoms with van der Waals surface area (Å²) in [6.45, 7) is 3.16. The van der Waals surface area contributed by atoms with E-state index in [1.807, 2.05) is 13.2 Å². The van der Waals surface area contributed by atoms with E-state index < -0.39 is 5.92 Å². The maximum Gasteiger partial charge on any atom is 0.248 e. The largest absolute Gasteiger partial charge is 0.385 e. The highest BCUT2D eigenvalue weighted by Gasteiger charge is 2.44. The number of benzene rings is 1. The van der Waals surface area contributed by atoms with Gasteiger partial charge in [-0.2, -0.15) is 0 Å². The molecule has 0 bridgehead atoms. The molecule has 6 nitrogen and oxygen atoms in total. The molecule has 4 rings (SSSR count). The van der Waals surface area contributed by atoms with Gasteiger partial charge in [0, 0.05) is 38.5 Å². The number of aldehydes is 1. The number of anilines is 1. The molecule has 0 unspecified atom stereocenters. The number of hydrogen-bond acceptors (Lipinski definition) is 6. The number of ether oxygens (including phenoxy) is 1. The molecular formula is C23H26ClF2N3O3S. The molecule has 0 spiro atoms. The number of fused-ring (bicyclic) bond motifs is 2. The number of nitrogens with one attached hydrogen (secondary N) is 1. The van der Waals surface area contributed by atoms with Gasteiger partial charge in [0.15, 0.2) is 5.43 Å². The minimum atomic E-state index is -2.57. The number of pyridine rings is 2. The van der Waals surface area contributed by atoms with E-state index in [1.165, 1.54) is 11.8 Å². The maximum absolute atomic E-state index is 13.0. The van der Waals surface area contributed by atoms with Crippen molar-refractivity contribution in [1.82, 2.24) is 9.55 Å². The van der Waals surface area contributed by atoms with E-state index in [0.29, 0.717) is 44.2 Å². The molecule has 178 valence electrons. The summed E-state index contributed by atoms with van der Waals surface area (Å²) >= 11 is 7.71. The van der Waals surface area contributed by atoms with Crippen LogP contribution in [0.4, 0.5) is 14.6 Å². The van der Waals surface area contributed by atoms with Gasteiger partial charge in [0.1, 0.15) is 17.8 Å². The lowest BCUT2D eigenvalue weighted by atomic mass is 9.81. The first kappa shape index (κ1) is 25.4. The molecule has 1 aromatic carbocycles. The molecule has 10 heteroatoms. The first-order valence-corrected chi connectivity index (χ1v) is 12.1. The number of halogens is 3. The summed E-state index contributed by atoms with van der Waals surface area (Å²) in [4.78, 5) is 29.6.